The number of hydrogen-bond acceptors (Lipinski definition) is 5. The minimum Gasteiger partial charge on any atom is -0.495 e. The zero-order chi connectivity index (χ0) is 15.3. The normalized spacial score (nSPS) is 12.8. The molecule has 112 valence electrons. The van der Waals surface area contributed by atoms with E-state index in [1.807, 2.05) is 13.0 Å². The van der Waals surface area contributed by atoms with Crippen molar-refractivity contribution < 1.29 is 17.9 Å². The molecule has 3 N–H and O–H groups in total. The average molecular weight is 300 g/mol. The van der Waals surface area contributed by atoms with Crippen molar-refractivity contribution in [1.29, 1.82) is 0 Å². The van der Waals surface area contributed by atoms with E-state index in [0.29, 0.717) is 11.4 Å². The third kappa shape index (κ3) is 5.18. The van der Waals surface area contributed by atoms with Crippen molar-refractivity contribution in [3.63, 3.8) is 0 Å². The number of carbonyl (C=O) groups is 1. The summed E-state index contributed by atoms with van der Waals surface area (Å²) in [7, 11) is -1.62. The third-order valence-electron chi connectivity index (χ3n) is 2.75. The van der Waals surface area contributed by atoms with Crippen LogP contribution in [0, 0.1) is 6.92 Å². The molecule has 0 heterocycles. The zero-order valence-corrected chi connectivity index (χ0v) is 12.7. The van der Waals surface area contributed by atoms with Gasteiger partial charge < -0.3 is 15.8 Å². The quantitative estimate of drug-likeness (QED) is 0.806. The third-order valence-corrected chi connectivity index (χ3v) is 3.73. The minimum absolute atomic E-state index is 0.0822. The van der Waals surface area contributed by atoms with Crippen LogP contribution in [0.1, 0.15) is 12.0 Å². The van der Waals surface area contributed by atoms with Gasteiger partial charge in [0.15, 0.2) is 0 Å². The van der Waals surface area contributed by atoms with Gasteiger partial charge in [0, 0.05) is 6.26 Å². The number of aryl methyl sites for hydroxylation is 1. The van der Waals surface area contributed by atoms with Crippen molar-refractivity contribution in [3.8, 4) is 5.75 Å². The van der Waals surface area contributed by atoms with Crippen molar-refractivity contribution in [2.75, 3.05) is 24.4 Å². The maximum atomic E-state index is 11.9. The highest BCUT2D eigenvalue weighted by molar-refractivity contribution is 7.90. The highest BCUT2D eigenvalue weighted by Crippen LogP contribution is 2.25. The molecule has 1 unspecified atom stereocenters. The number of ether oxygens (including phenoxy) is 1. The maximum absolute atomic E-state index is 11.9. The van der Waals surface area contributed by atoms with Gasteiger partial charge in [-0.15, -0.1) is 0 Å². The molecular weight excluding hydrogens is 280 g/mol. The molecule has 1 rings (SSSR count). The summed E-state index contributed by atoms with van der Waals surface area (Å²) < 4.78 is 27.3. The number of methoxy groups -OCH3 is 1. The Morgan fingerprint density at radius 2 is 2.10 bits per heavy atom. The molecule has 0 saturated carbocycles. The molecule has 6 nitrogen and oxygen atoms in total. The van der Waals surface area contributed by atoms with Gasteiger partial charge in [-0.1, -0.05) is 6.07 Å². The van der Waals surface area contributed by atoms with Crippen LogP contribution in [0.25, 0.3) is 0 Å². The van der Waals surface area contributed by atoms with Crippen LogP contribution in [0.2, 0.25) is 0 Å². The predicted octanol–water partition coefficient (Wildman–Crippen LogP) is 0.704. The van der Waals surface area contributed by atoms with E-state index in [9.17, 15) is 13.2 Å². The molecule has 0 aliphatic heterocycles. The van der Waals surface area contributed by atoms with Crippen molar-refractivity contribution in [3.05, 3.63) is 23.8 Å². The Labute approximate surface area is 119 Å². The summed E-state index contributed by atoms with van der Waals surface area (Å²) in [5.41, 5.74) is 7.19. The Hall–Kier alpha value is -1.60. The molecule has 0 aliphatic carbocycles. The second-order valence-corrected chi connectivity index (χ2v) is 6.98. The summed E-state index contributed by atoms with van der Waals surface area (Å²) in [6.45, 7) is 1.91. The van der Waals surface area contributed by atoms with E-state index >= 15 is 0 Å². The zero-order valence-electron chi connectivity index (χ0n) is 11.8. The maximum Gasteiger partial charge on any atom is 0.241 e. The van der Waals surface area contributed by atoms with Crippen LogP contribution in [-0.2, 0) is 14.6 Å². The van der Waals surface area contributed by atoms with E-state index in [1.54, 1.807) is 12.1 Å². The number of nitrogens with one attached hydrogen (secondary N) is 1. The Bertz CT molecular complexity index is 584. The number of sulfone groups is 1. The van der Waals surface area contributed by atoms with Gasteiger partial charge in [-0.25, -0.2) is 8.42 Å². The van der Waals surface area contributed by atoms with Crippen LogP contribution in [0.15, 0.2) is 18.2 Å². The number of anilines is 1. The molecule has 0 bridgehead atoms. The van der Waals surface area contributed by atoms with E-state index in [4.69, 9.17) is 10.5 Å². The minimum atomic E-state index is -3.13. The van der Waals surface area contributed by atoms with E-state index < -0.39 is 21.8 Å². The number of nitrogens with two attached hydrogens (primary N) is 1. The van der Waals surface area contributed by atoms with Crippen LogP contribution >= 0.6 is 0 Å². The predicted molar refractivity (Wildman–Crippen MR) is 78.7 cm³/mol. The van der Waals surface area contributed by atoms with Gasteiger partial charge >= 0.3 is 0 Å². The Morgan fingerprint density at radius 1 is 1.45 bits per heavy atom. The number of hydrogen-bond donors (Lipinski definition) is 2. The Balaban J connectivity index is 2.70. The second-order valence-electron chi connectivity index (χ2n) is 4.72. The molecule has 1 aromatic carbocycles. The highest BCUT2D eigenvalue weighted by Gasteiger charge is 2.17. The summed E-state index contributed by atoms with van der Waals surface area (Å²) in [5.74, 6) is -0.0171. The molecule has 0 radical (unpaired) electrons. The molecule has 1 aromatic rings. The molecule has 0 fully saturated rings. The lowest BCUT2D eigenvalue weighted by Crippen LogP contribution is -2.37. The van der Waals surface area contributed by atoms with Gasteiger partial charge in [-0.05, 0) is 31.0 Å². The molecule has 1 amide bonds. The summed E-state index contributed by atoms with van der Waals surface area (Å²) in [6.07, 6.45) is 1.19. The lowest BCUT2D eigenvalue weighted by Gasteiger charge is -2.14. The van der Waals surface area contributed by atoms with E-state index in [-0.39, 0.29) is 12.2 Å². The van der Waals surface area contributed by atoms with Gasteiger partial charge in [0.05, 0.1) is 24.6 Å². The number of amides is 1. The van der Waals surface area contributed by atoms with Gasteiger partial charge in [0.25, 0.3) is 0 Å². The van der Waals surface area contributed by atoms with Gasteiger partial charge in [-0.2, -0.15) is 0 Å². The molecule has 0 spiro atoms. The fourth-order valence-corrected chi connectivity index (χ4v) is 2.28. The summed E-state index contributed by atoms with van der Waals surface area (Å²) in [6, 6.07) is 4.46. The van der Waals surface area contributed by atoms with Crippen LogP contribution < -0.4 is 15.8 Å². The van der Waals surface area contributed by atoms with Gasteiger partial charge in [0.2, 0.25) is 5.91 Å². The first-order valence-corrected chi connectivity index (χ1v) is 8.18. The number of carbonyl (C=O) groups excluding carboxylic acids is 1. The smallest absolute Gasteiger partial charge is 0.241 e. The first-order chi connectivity index (χ1) is 9.23. The van der Waals surface area contributed by atoms with Gasteiger partial charge in [-0.3, -0.25) is 4.79 Å². The summed E-state index contributed by atoms with van der Waals surface area (Å²) in [4.78, 5) is 11.9. The molecule has 20 heavy (non-hydrogen) atoms. The number of rotatable bonds is 6. The van der Waals surface area contributed by atoms with Crippen molar-refractivity contribution in [2.24, 2.45) is 5.73 Å². The fourth-order valence-electron chi connectivity index (χ4n) is 1.60. The topological polar surface area (TPSA) is 98.5 Å². The number of benzene rings is 1. The van der Waals surface area contributed by atoms with Crippen LogP contribution in [0.3, 0.4) is 0 Å². The summed E-state index contributed by atoms with van der Waals surface area (Å²) >= 11 is 0. The molecule has 0 aromatic heterocycles. The Kier molecular flexibility index (Phi) is 5.52. The molecular formula is C13H20N2O4S. The van der Waals surface area contributed by atoms with E-state index in [0.717, 1.165) is 11.8 Å². The molecule has 1 atom stereocenters. The standard InChI is InChI=1S/C13H20N2O4S/c1-9-4-5-11(12(8-9)19-2)15-13(16)10(14)6-7-20(3,17)18/h4-5,8,10H,6-7,14H2,1-3H3,(H,15,16). The molecule has 0 saturated heterocycles. The highest BCUT2D eigenvalue weighted by atomic mass is 32.2. The van der Waals surface area contributed by atoms with E-state index in [1.165, 1.54) is 7.11 Å². The van der Waals surface area contributed by atoms with E-state index in [2.05, 4.69) is 5.32 Å². The molecule has 0 aliphatic rings. The van der Waals surface area contributed by atoms with Crippen molar-refractivity contribution in [2.45, 2.75) is 19.4 Å². The lowest BCUT2D eigenvalue weighted by molar-refractivity contribution is -0.117. The van der Waals surface area contributed by atoms with Crippen LogP contribution in [0.5, 0.6) is 5.75 Å². The van der Waals surface area contributed by atoms with Crippen molar-refractivity contribution in [1.82, 2.24) is 0 Å². The monoisotopic (exact) mass is 300 g/mol. The Morgan fingerprint density at radius 3 is 2.65 bits per heavy atom. The largest absolute Gasteiger partial charge is 0.495 e. The second kappa shape index (κ2) is 6.71. The SMILES string of the molecule is COc1cc(C)ccc1NC(=O)C(N)CCS(C)(=O)=O. The fraction of sp³-hybridized carbons (Fsp3) is 0.462. The molecule has 7 heteroatoms. The first kappa shape index (κ1) is 16.5. The first-order valence-electron chi connectivity index (χ1n) is 6.12. The van der Waals surface area contributed by atoms with Crippen molar-refractivity contribution >= 4 is 21.4 Å². The lowest BCUT2D eigenvalue weighted by atomic mass is 10.2. The average Bonchev–Trinajstić information content (AvgIpc) is 2.36. The summed E-state index contributed by atoms with van der Waals surface area (Å²) in [5, 5.41) is 2.64. The van der Waals surface area contributed by atoms with Crippen LogP contribution in [0.4, 0.5) is 5.69 Å². The van der Waals surface area contributed by atoms with Crippen LogP contribution in [-0.4, -0.2) is 39.5 Å². The van der Waals surface area contributed by atoms with Gasteiger partial charge in [0.1, 0.15) is 15.6 Å².